The number of nitrogens with zero attached hydrogens (tertiary/aromatic N) is 3. The molecule has 1 aromatic heterocycles. The summed E-state index contributed by atoms with van der Waals surface area (Å²) in [4.78, 5) is 17.6. The van der Waals surface area contributed by atoms with Gasteiger partial charge in [0.1, 0.15) is 0 Å². The van der Waals surface area contributed by atoms with Crippen LogP contribution >= 0.6 is 12.4 Å². The first-order chi connectivity index (χ1) is 11.1. The minimum atomic E-state index is -0.692. The maximum atomic E-state index is 11.0. The van der Waals surface area contributed by atoms with Crippen molar-refractivity contribution < 1.29 is 14.4 Å². The van der Waals surface area contributed by atoms with E-state index in [-0.39, 0.29) is 18.3 Å². The summed E-state index contributed by atoms with van der Waals surface area (Å²) in [6.07, 6.45) is 2.02. The summed E-state index contributed by atoms with van der Waals surface area (Å²) in [6, 6.07) is 8.17. The van der Waals surface area contributed by atoms with Crippen LogP contribution in [0.15, 0.2) is 28.8 Å². The molecule has 0 unspecified atom stereocenters. The van der Waals surface area contributed by atoms with Crippen LogP contribution < -0.4 is 0 Å². The molecule has 1 fully saturated rings. The van der Waals surface area contributed by atoms with E-state index in [0.717, 1.165) is 13.1 Å². The van der Waals surface area contributed by atoms with E-state index < -0.39 is 5.97 Å². The van der Waals surface area contributed by atoms with Gasteiger partial charge in [0.2, 0.25) is 5.89 Å². The second kappa shape index (κ2) is 8.26. The minimum Gasteiger partial charge on any atom is -0.481 e. The SMILES string of the molecule is Cc1ccccc1Cc1noc(CN2CCC(C(=O)O)CC2)n1.Cl. The summed E-state index contributed by atoms with van der Waals surface area (Å²) in [5, 5.41) is 13.1. The number of aromatic nitrogens is 2. The first-order valence-electron chi connectivity index (χ1n) is 7.93. The molecule has 6 nitrogen and oxygen atoms in total. The molecule has 1 aromatic carbocycles. The number of aryl methyl sites for hydroxylation is 1. The highest BCUT2D eigenvalue weighted by molar-refractivity contribution is 5.85. The Balaban J connectivity index is 0.00000208. The Morgan fingerprint density at radius 1 is 1.33 bits per heavy atom. The molecule has 3 rings (SSSR count). The number of rotatable bonds is 5. The van der Waals surface area contributed by atoms with Crippen molar-refractivity contribution in [3.8, 4) is 0 Å². The van der Waals surface area contributed by atoms with Crippen molar-refractivity contribution in [3.63, 3.8) is 0 Å². The van der Waals surface area contributed by atoms with Crippen LogP contribution in [0.2, 0.25) is 0 Å². The third-order valence-electron chi connectivity index (χ3n) is 4.42. The number of hydrogen-bond donors (Lipinski definition) is 1. The standard InChI is InChI=1S/C17H21N3O3.ClH/c1-12-4-2-3-5-14(12)10-15-18-16(23-19-15)11-20-8-6-13(7-9-20)17(21)22;/h2-5,13H,6-11H2,1H3,(H,21,22);1H. The summed E-state index contributed by atoms with van der Waals surface area (Å²) in [7, 11) is 0. The Morgan fingerprint density at radius 2 is 2.04 bits per heavy atom. The van der Waals surface area contributed by atoms with Crippen LogP contribution in [-0.2, 0) is 17.8 Å². The fourth-order valence-corrected chi connectivity index (χ4v) is 2.93. The van der Waals surface area contributed by atoms with Crippen LogP contribution in [0, 0.1) is 12.8 Å². The smallest absolute Gasteiger partial charge is 0.306 e. The summed E-state index contributed by atoms with van der Waals surface area (Å²) in [5.41, 5.74) is 2.41. The van der Waals surface area contributed by atoms with E-state index in [1.807, 2.05) is 12.1 Å². The first kappa shape index (κ1) is 18.4. The van der Waals surface area contributed by atoms with E-state index in [0.29, 0.717) is 37.5 Å². The van der Waals surface area contributed by atoms with Gasteiger partial charge < -0.3 is 9.63 Å². The van der Waals surface area contributed by atoms with E-state index >= 15 is 0 Å². The molecule has 0 radical (unpaired) electrons. The second-order valence-corrected chi connectivity index (χ2v) is 6.10. The molecule has 24 heavy (non-hydrogen) atoms. The zero-order valence-corrected chi connectivity index (χ0v) is 14.5. The highest BCUT2D eigenvalue weighted by Gasteiger charge is 2.25. The van der Waals surface area contributed by atoms with Crippen molar-refractivity contribution in [1.29, 1.82) is 0 Å². The molecule has 1 N–H and O–H groups in total. The van der Waals surface area contributed by atoms with Crippen molar-refractivity contribution in [2.45, 2.75) is 32.7 Å². The molecule has 7 heteroatoms. The average molecular weight is 352 g/mol. The van der Waals surface area contributed by atoms with E-state index in [1.54, 1.807) is 0 Å². The Labute approximate surface area is 147 Å². The molecule has 0 aliphatic carbocycles. The van der Waals surface area contributed by atoms with E-state index in [9.17, 15) is 4.79 Å². The van der Waals surface area contributed by atoms with Gasteiger partial charge in [-0.25, -0.2) is 0 Å². The number of piperidine rings is 1. The quantitative estimate of drug-likeness (QED) is 0.892. The zero-order valence-electron chi connectivity index (χ0n) is 13.6. The van der Waals surface area contributed by atoms with E-state index in [2.05, 4.69) is 34.1 Å². The lowest BCUT2D eigenvalue weighted by atomic mass is 9.97. The van der Waals surface area contributed by atoms with Crippen LogP contribution in [0.5, 0.6) is 0 Å². The second-order valence-electron chi connectivity index (χ2n) is 6.10. The first-order valence-corrected chi connectivity index (χ1v) is 7.93. The van der Waals surface area contributed by atoms with Crippen molar-refractivity contribution >= 4 is 18.4 Å². The molecule has 1 saturated heterocycles. The van der Waals surface area contributed by atoms with Crippen LogP contribution in [0.3, 0.4) is 0 Å². The van der Waals surface area contributed by atoms with E-state index in [1.165, 1.54) is 11.1 Å². The molecule has 1 aliphatic heterocycles. The van der Waals surface area contributed by atoms with Crippen LogP contribution in [-0.4, -0.2) is 39.2 Å². The zero-order chi connectivity index (χ0) is 16.2. The fourth-order valence-electron chi connectivity index (χ4n) is 2.93. The Kier molecular flexibility index (Phi) is 6.34. The number of halogens is 1. The molecule has 1 aliphatic rings. The molecule has 130 valence electrons. The minimum absolute atomic E-state index is 0. The number of benzene rings is 1. The number of aliphatic carboxylic acids is 1. The lowest BCUT2D eigenvalue weighted by molar-refractivity contribution is -0.143. The maximum Gasteiger partial charge on any atom is 0.306 e. The summed E-state index contributed by atoms with van der Waals surface area (Å²) < 4.78 is 5.33. The lowest BCUT2D eigenvalue weighted by Gasteiger charge is -2.28. The number of carbonyl (C=O) groups is 1. The van der Waals surface area contributed by atoms with Crippen LogP contribution in [0.4, 0.5) is 0 Å². The predicted molar refractivity (Wildman–Crippen MR) is 91.2 cm³/mol. The Morgan fingerprint density at radius 3 is 2.71 bits per heavy atom. The lowest BCUT2D eigenvalue weighted by Crippen LogP contribution is -2.35. The molecule has 0 spiro atoms. The van der Waals surface area contributed by atoms with Gasteiger partial charge in [-0.2, -0.15) is 4.98 Å². The number of carboxylic acid groups (broad SMARTS) is 1. The van der Waals surface area contributed by atoms with Gasteiger partial charge in [-0.3, -0.25) is 9.69 Å². The number of hydrogen-bond acceptors (Lipinski definition) is 5. The molecule has 0 amide bonds. The molecule has 0 saturated carbocycles. The normalized spacial score (nSPS) is 15.9. The summed E-state index contributed by atoms with van der Waals surface area (Å²) >= 11 is 0. The monoisotopic (exact) mass is 351 g/mol. The van der Waals surface area contributed by atoms with Gasteiger partial charge >= 0.3 is 5.97 Å². The van der Waals surface area contributed by atoms with Gasteiger partial charge in [-0.05, 0) is 44.0 Å². The molecule has 2 heterocycles. The third kappa shape index (κ3) is 4.55. The highest BCUT2D eigenvalue weighted by atomic mass is 35.5. The summed E-state index contributed by atoms with van der Waals surface area (Å²) in [6.45, 7) is 4.18. The Hall–Kier alpha value is -1.92. The number of likely N-dealkylation sites (tertiary alicyclic amines) is 1. The van der Waals surface area contributed by atoms with Crippen molar-refractivity contribution in [2.24, 2.45) is 5.92 Å². The molecule has 2 aromatic rings. The summed E-state index contributed by atoms with van der Waals surface area (Å²) in [5.74, 6) is 0.380. The van der Waals surface area contributed by atoms with Gasteiger partial charge in [0.15, 0.2) is 5.82 Å². The van der Waals surface area contributed by atoms with E-state index in [4.69, 9.17) is 9.63 Å². The highest BCUT2D eigenvalue weighted by Crippen LogP contribution is 2.19. The maximum absolute atomic E-state index is 11.0. The fraction of sp³-hybridized carbons (Fsp3) is 0.471. The number of carboxylic acids is 1. The van der Waals surface area contributed by atoms with Gasteiger partial charge in [-0.15, -0.1) is 12.4 Å². The van der Waals surface area contributed by atoms with Crippen molar-refractivity contribution in [2.75, 3.05) is 13.1 Å². The van der Waals surface area contributed by atoms with Crippen LogP contribution in [0.25, 0.3) is 0 Å². The van der Waals surface area contributed by atoms with Crippen molar-refractivity contribution in [3.05, 3.63) is 47.1 Å². The topological polar surface area (TPSA) is 79.5 Å². The van der Waals surface area contributed by atoms with Crippen LogP contribution in [0.1, 0.15) is 35.7 Å². The average Bonchev–Trinajstić information content (AvgIpc) is 2.97. The van der Waals surface area contributed by atoms with Gasteiger partial charge in [0.25, 0.3) is 0 Å². The van der Waals surface area contributed by atoms with Gasteiger partial charge in [0.05, 0.1) is 12.5 Å². The molecule has 0 bridgehead atoms. The predicted octanol–water partition coefficient (Wildman–Crippen LogP) is 2.69. The Bertz CT molecular complexity index is 681. The van der Waals surface area contributed by atoms with Gasteiger partial charge in [0, 0.05) is 6.42 Å². The van der Waals surface area contributed by atoms with Crippen molar-refractivity contribution in [1.82, 2.24) is 15.0 Å². The third-order valence-corrected chi connectivity index (χ3v) is 4.42. The molecular weight excluding hydrogens is 330 g/mol. The van der Waals surface area contributed by atoms with Gasteiger partial charge in [-0.1, -0.05) is 29.4 Å². The molecular formula is C17H22ClN3O3. The largest absolute Gasteiger partial charge is 0.481 e. The molecule has 0 atom stereocenters.